The molecule has 0 saturated carbocycles. The van der Waals surface area contributed by atoms with E-state index in [-0.39, 0.29) is 12.7 Å². The minimum Gasteiger partial charge on any atom is -0.294 e. The fraction of sp³-hybridized carbons (Fsp3) is 0.538. The monoisotopic (exact) mass is 207 g/mol. The number of hydrogen-bond acceptors (Lipinski definition) is 1. The van der Waals surface area contributed by atoms with Crippen LogP contribution in [0.3, 0.4) is 0 Å². The van der Waals surface area contributed by atoms with Crippen molar-refractivity contribution in [3.05, 3.63) is 35.9 Å². The highest BCUT2D eigenvalue weighted by Gasteiger charge is 2.21. The molecular formula is C13H18FN. The SMILES string of the molecule is FCC(c1ccccc1)N1CCCCC1. The zero-order valence-electron chi connectivity index (χ0n) is 9.03. The molecule has 2 rings (SSSR count). The van der Waals surface area contributed by atoms with E-state index < -0.39 is 0 Å². The zero-order valence-corrected chi connectivity index (χ0v) is 9.03. The third-order valence-electron chi connectivity index (χ3n) is 3.16. The van der Waals surface area contributed by atoms with Gasteiger partial charge in [0.15, 0.2) is 0 Å². The van der Waals surface area contributed by atoms with E-state index >= 15 is 0 Å². The van der Waals surface area contributed by atoms with Gasteiger partial charge in [0.05, 0.1) is 6.04 Å². The smallest absolute Gasteiger partial charge is 0.109 e. The summed E-state index contributed by atoms with van der Waals surface area (Å²) in [5, 5.41) is 0. The van der Waals surface area contributed by atoms with E-state index in [4.69, 9.17) is 0 Å². The molecule has 1 aromatic rings. The summed E-state index contributed by atoms with van der Waals surface area (Å²) in [6.07, 6.45) is 3.72. The molecule has 0 radical (unpaired) electrons. The lowest BCUT2D eigenvalue weighted by Gasteiger charge is -2.33. The van der Waals surface area contributed by atoms with Crippen LogP contribution in [0.5, 0.6) is 0 Å². The summed E-state index contributed by atoms with van der Waals surface area (Å²) in [4.78, 5) is 2.28. The highest BCUT2D eigenvalue weighted by atomic mass is 19.1. The van der Waals surface area contributed by atoms with Crippen molar-refractivity contribution in [1.82, 2.24) is 4.90 Å². The topological polar surface area (TPSA) is 3.24 Å². The maximum atomic E-state index is 13.1. The van der Waals surface area contributed by atoms with Gasteiger partial charge in [0.25, 0.3) is 0 Å². The van der Waals surface area contributed by atoms with E-state index in [9.17, 15) is 4.39 Å². The Morgan fingerprint density at radius 2 is 1.73 bits per heavy atom. The van der Waals surface area contributed by atoms with Crippen LogP contribution in [0.25, 0.3) is 0 Å². The first-order valence-electron chi connectivity index (χ1n) is 5.77. The summed E-state index contributed by atoms with van der Waals surface area (Å²) in [6.45, 7) is 1.82. The number of likely N-dealkylation sites (tertiary alicyclic amines) is 1. The zero-order chi connectivity index (χ0) is 10.5. The van der Waals surface area contributed by atoms with Gasteiger partial charge < -0.3 is 0 Å². The number of nitrogens with zero attached hydrogens (tertiary/aromatic N) is 1. The lowest BCUT2D eigenvalue weighted by atomic mass is 10.0. The molecule has 1 heterocycles. The standard InChI is InChI=1S/C13H18FN/c14-11-13(12-7-3-1-4-8-12)15-9-5-2-6-10-15/h1,3-4,7-8,13H,2,5-6,9-11H2. The molecule has 0 bridgehead atoms. The van der Waals surface area contributed by atoms with Crippen molar-refractivity contribution in [2.45, 2.75) is 25.3 Å². The van der Waals surface area contributed by atoms with E-state index in [1.807, 2.05) is 30.3 Å². The molecule has 82 valence electrons. The number of halogens is 1. The molecular weight excluding hydrogens is 189 g/mol. The van der Waals surface area contributed by atoms with Gasteiger partial charge in [0, 0.05) is 0 Å². The van der Waals surface area contributed by atoms with Crippen molar-refractivity contribution in [3.8, 4) is 0 Å². The van der Waals surface area contributed by atoms with E-state index in [0.29, 0.717) is 0 Å². The molecule has 1 aromatic carbocycles. The molecule has 15 heavy (non-hydrogen) atoms. The molecule has 0 spiro atoms. The van der Waals surface area contributed by atoms with Gasteiger partial charge >= 0.3 is 0 Å². The number of rotatable bonds is 3. The van der Waals surface area contributed by atoms with Crippen LogP contribution < -0.4 is 0 Å². The average molecular weight is 207 g/mol. The Morgan fingerprint density at radius 3 is 2.33 bits per heavy atom. The predicted octanol–water partition coefficient (Wildman–Crippen LogP) is 3.18. The number of piperidine rings is 1. The minimum absolute atomic E-state index is 0.0218. The third kappa shape index (κ3) is 2.57. The Hall–Kier alpha value is -0.890. The number of benzene rings is 1. The van der Waals surface area contributed by atoms with Crippen LogP contribution in [0.15, 0.2) is 30.3 Å². The maximum absolute atomic E-state index is 13.1. The molecule has 1 nitrogen and oxygen atoms in total. The predicted molar refractivity (Wildman–Crippen MR) is 60.6 cm³/mol. The molecule has 1 atom stereocenters. The second-order valence-electron chi connectivity index (χ2n) is 4.18. The van der Waals surface area contributed by atoms with Crippen LogP contribution >= 0.6 is 0 Å². The lowest BCUT2D eigenvalue weighted by Crippen LogP contribution is -2.34. The van der Waals surface area contributed by atoms with E-state index in [2.05, 4.69) is 4.90 Å². The highest BCUT2D eigenvalue weighted by molar-refractivity contribution is 5.19. The van der Waals surface area contributed by atoms with Crippen LogP contribution in [0.4, 0.5) is 4.39 Å². The van der Waals surface area contributed by atoms with Crippen LogP contribution in [-0.2, 0) is 0 Å². The van der Waals surface area contributed by atoms with Gasteiger partial charge in [-0.3, -0.25) is 4.90 Å². The van der Waals surface area contributed by atoms with Crippen LogP contribution in [-0.4, -0.2) is 24.7 Å². The van der Waals surface area contributed by atoms with Gasteiger partial charge in [-0.1, -0.05) is 36.8 Å². The molecule has 0 aliphatic carbocycles. The Balaban J connectivity index is 2.09. The number of hydrogen-bond donors (Lipinski definition) is 0. The van der Waals surface area contributed by atoms with E-state index in [1.54, 1.807) is 0 Å². The van der Waals surface area contributed by atoms with Gasteiger partial charge in [0.2, 0.25) is 0 Å². The fourth-order valence-electron chi connectivity index (χ4n) is 2.30. The number of alkyl halides is 1. The Morgan fingerprint density at radius 1 is 1.07 bits per heavy atom. The van der Waals surface area contributed by atoms with Gasteiger partial charge in [-0.05, 0) is 31.5 Å². The quantitative estimate of drug-likeness (QED) is 0.735. The summed E-state index contributed by atoms with van der Waals surface area (Å²) < 4.78 is 13.1. The minimum atomic E-state index is -0.274. The molecule has 1 aliphatic heterocycles. The summed E-state index contributed by atoms with van der Waals surface area (Å²) >= 11 is 0. The second kappa shape index (κ2) is 5.26. The van der Waals surface area contributed by atoms with Crippen LogP contribution in [0, 0.1) is 0 Å². The first kappa shape index (κ1) is 10.6. The lowest BCUT2D eigenvalue weighted by molar-refractivity contribution is 0.139. The Labute approximate surface area is 90.9 Å². The van der Waals surface area contributed by atoms with Crippen molar-refractivity contribution in [3.63, 3.8) is 0 Å². The van der Waals surface area contributed by atoms with Crippen LogP contribution in [0.2, 0.25) is 0 Å². The normalized spacial score (nSPS) is 20.1. The third-order valence-corrected chi connectivity index (χ3v) is 3.16. The molecule has 1 aliphatic rings. The summed E-state index contributed by atoms with van der Waals surface area (Å²) in [7, 11) is 0. The van der Waals surface area contributed by atoms with E-state index in [1.165, 1.54) is 19.3 Å². The average Bonchev–Trinajstić information content (AvgIpc) is 2.33. The summed E-state index contributed by atoms with van der Waals surface area (Å²) in [5.74, 6) is 0. The van der Waals surface area contributed by atoms with Crippen molar-refractivity contribution in [2.24, 2.45) is 0 Å². The Kier molecular flexibility index (Phi) is 3.73. The molecule has 0 amide bonds. The molecule has 1 unspecified atom stereocenters. The highest BCUT2D eigenvalue weighted by Crippen LogP contribution is 2.24. The molecule has 0 aromatic heterocycles. The molecule has 1 fully saturated rings. The van der Waals surface area contributed by atoms with Gasteiger partial charge in [0.1, 0.15) is 6.67 Å². The van der Waals surface area contributed by atoms with Crippen molar-refractivity contribution >= 4 is 0 Å². The molecule has 2 heteroatoms. The van der Waals surface area contributed by atoms with Gasteiger partial charge in [-0.2, -0.15) is 0 Å². The van der Waals surface area contributed by atoms with Crippen molar-refractivity contribution in [1.29, 1.82) is 0 Å². The maximum Gasteiger partial charge on any atom is 0.109 e. The molecule has 1 saturated heterocycles. The van der Waals surface area contributed by atoms with E-state index in [0.717, 1.165) is 18.7 Å². The largest absolute Gasteiger partial charge is 0.294 e. The second-order valence-corrected chi connectivity index (χ2v) is 4.18. The van der Waals surface area contributed by atoms with Crippen molar-refractivity contribution < 1.29 is 4.39 Å². The summed E-state index contributed by atoms with van der Waals surface area (Å²) in [5.41, 5.74) is 1.11. The Bertz CT molecular complexity index is 280. The van der Waals surface area contributed by atoms with Gasteiger partial charge in [-0.25, -0.2) is 4.39 Å². The molecule has 0 N–H and O–H groups in total. The summed E-state index contributed by atoms with van der Waals surface area (Å²) in [6, 6.07) is 9.99. The van der Waals surface area contributed by atoms with Crippen LogP contribution in [0.1, 0.15) is 30.9 Å². The fourth-order valence-corrected chi connectivity index (χ4v) is 2.30. The van der Waals surface area contributed by atoms with Crippen molar-refractivity contribution in [2.75, 3.05) is 19.8 Å². The van der Waals surface area contributed by atoms with Gasteiger partial charge in [-0.15, -0.1) is 0 Å². The first-order valence-corrected chi connectivity index (χ1v) is 5.77. The first-order chi connectivity index (χ1) is 7.42.